The molecule has 0 fully saturated rings. The van der Waals surface area contributed by atoms with Gasteiger partial charge in [0.05, 0.1) is 8.22 Å². The van der Waals surface area contributed by atoms with Crippen LogP contribution in [0.4, 0.5) is 0 Å². The largest absolute Gasteiger partial charge is 0.212 e. The normalized spacial score (nSPS) is 17.1. The van der Waals surface area contributed by atoms with Gasteiger partial charge in [-0.3, -0.25) is 0 Å². The van der Waals surface area contributed by atoms with Crippen LogP contribution in [0.1, 0.15) is 41.5 Å². The van der Waals surface area contributed by atoms with E-state index in [0.29, 0.717) is 11.1 Å². The lowest BCUT2D eigenvalue weighted by molar-refractivity contribution is -0.660. The van der Waals surface area contributed by atoms with Crippen molar-refractivity contribution >= 4 is 0 Å². The second-order valence-electron chi connectivity index (χ2n) is 5.39. The zero-order valence-corrected chi connectivity index (χ0v) is 11.4. The summed E-state index contributed by atoms with van der Waals surface area (Å²) in [5, 5.41) is 0. The highest BCUT2D eigenvalue weighted by Gasteiger charge is 2.19. The Morgan fingerprint density at radius 2 is 1.78 bits per heavy atom. The van der Waals surface area contributed by atoms with Gasteiger partial charge >= 0.3 is 0 Å². The third kappa shape index (κ3) is 2.45. The molecule has 0 amide bonds. The summed E-state index contributed by atoms with van der Waals surface area (Å²) in [6, 6.07) is -1.11. The second-order valence-corrected chi connectivity index (χ2v) is 5.39. The van der Waals surface area contributed by atoms with Gasteiger partial charge in [0.15, 0.2) is 6.17 Å². The summed E-state index contributed by atoms with van der Waals surface area (Å²) >= 11 is 0. The molecule has 0 aliphatic carbocycles. The van der Waals surface area contributed by atoms with Crippen LogP contribution >= 0.6 is 0 Å². The summed E-state index contributed by atoms with van der Waals surface area (Å²) in [6.45, 7) is 7.15. The summed E-state index contributed by atoms with van der Waals surface area (Å²) in [5.41, 5.74) is 0.601. The molecule has 94 valence electrons. The van der Waals surface area contributed by atoms with E-state index >= 15 is 0 Å². The lowest BCUT2D eigenvalue weighted by Crippen LogP contribution is -2.31. The van der Waals surface area contributed by atoms with Crippen LogP contribution in [0.5, 0.6) is 0 Å². The van der Waals surface area contributed by atoms with Crippen LogP contribution in [0, 0.1) is 6.92 Å². The van der Waals surface area contributed by atoms with Crippen molar-refractivity contribution in [3.63, 3.8) is 0 Å². The Hall–Kier alpha value is -1.63. The Balaban J connectivity index is 3.09. The van der Waals surface area contributed by atoms with E-state index in [9.17, 15) is 0 Å². The van der Waals surface area contributed by atoms with Crippen LogP contribution in [0.3, 0.4) is 0 Å². The topological polar surface area (TPSA) is 3.88 Å². The minimum atomic E-state index is -0.550. The molecule has 0 spiro atoms. The van der Waals surface area contributed by atoms with E-state index in [1.54, 1.807) is 14.0 Å². The molecule has 1 aromatic carbocycles. The maximum absolute atomic E-state index is 8.63. The first-order chi connectivity index (χ1) is 11.3. The lowest BCUT2D eigenvalue weighted by Gasteiger charge is -2.19. The summed E-state index contributed by atoms with van der Waals surface area (Å²) in [7, 11) is 1.54. The van der Waals surface area contributed by atoms with Crippen molar-refractivity contribution in [1.29, 1.82) is 0 Å². The molecule has 0 unspecified atom stereocenters. The second kappa shape index (κ2) is 4.56. The first-order valence-corrected chi connectivity index (χ1v) is 5.89. The summed E-state index contributed by atoms with van der Waals surface area (Å²) in [4.78, 5) is 0. The van der Waals surface area contributed by atoms with Crippen molar-refractivity contribution < 1.29 is 14.2 Å². The molecular formula is C17H22N+. The smallest absolute Gasteiger partial charge is 0.201 e. The molecule has 0 radical (unpaired) electrons. The van der Waals surface area contributed by atoms with Crippen molar-refractivity contribution in [2.24, 2.45) is 7.05 Å². The molecule has 0 saturated carbocycles. The summed E-state index contributed by atoms with van der Waals surface area (Å²) in [6.07, 6.45) is -0.0947. The Morgan fingerprint density at radius 3 is 2.44 bits per heavy atom. The van der Waals surface area contributed by atoms with Crippen LogP contribution in [-0.4, -0.2) is 0 Å². The van der Waals surface area contributed by atoms with Gasteiger partial charge in [-0.15, -0.1) is 0 Å². The average Bonchev–Trinajstić information content (AvgIpc) is 2.51. The molecule has 1 aromatic heterocycles. The van der Waals surface area contributed by atoms with E-state index in [1.165, 1.54) is 4.57 Å². The molecule has 0 aliphatic rings. The SMILES string of the molecule is [2H]c1c([2H])c([2H])c(-c2c([2H])c(C(C)(C)C)c([2H])c([2H])[n+]2C)c(C)c1[2H]. The van der Waals surface area contributed by atoms with E-state index < -0.39 is 5.41 Å². The minimum absolute atomic E-state index is 0.0177. The van der Waals surface area contributed by atoms with E-state index in [0.717, 1.165) is 0 Å². The molecule has 0 N–H and O–H groups in total. The van der Waals surface area contributed by atoms with Crippen molar-refractivity contribution in [3.05, 3.63) is 53.6 Å². The van der Waals surface area contributed by atoms with Crippen LogP contribution < -0.4 is 4.57 Å². The van der Waals surface area contributed by atoms with Crippen molar-refractivity contribution in [1.82, 2.24) is 0 Å². The van der Waals surface area contributed by atoms with Gasteiger partial charge in [-0.05, 0) is 29.5 Å². The highest BCUT2D eigenvalue weighted by molar-refractivity contribution is 5.61. The molecule has 2 aromatic rings. The predicted octanol–water partition coefficient (Wildman–Crippen LogP) is 3.78. The fourth-order valence-electron chi connectivity index (χ4n) is 1.65. The van der Waals surface area contributed by atoms with Crippen molar-refractivity contribution in [2.75, 3.05) is 0 Å². The molecule has 1 heteroatoms. The van der Waals surface area contributed by atoms with Gasteiger partial charge in [0.1, 0.15) is 8.42 Å². The Bertz CT molecular complexity index is 853. The summed E-state index contributed by atoms with van der Waals surface area (Å²) < 4.78 is 58.5. The van der Waals surface area contributed by atoms with E-state index in [-0.39, 0.29) is 53.7 Å². The van der Waals surface area contributed by atoms with Crippen LogP contribution in [0.25, 0.3) is 11.3 Å². The maximum Gasteiger partial charge on any atom is 0.212 e. The van der Waals surface area contributed by atoms with Gasteiger partial charge in [0, 0.05) is 17.6 Å². The van der Waals surface area contributed by atoms with Crippen LogP contribution in [-0.2, 0) is 12.5 Å². The van der Waals surface area contributed by atoms with E-state index in [4.69, 9.17) is 9.60 Å². The molecule has 0 aliphatic heterocycles. The highest BCUT2D eigenvalue weighted by atomic mass is 14.9. The third-order valence-corrected chi connectivity index (χ3v) is 2.79. The lowest BCUT2D eigenvalue weighted by atomic mass is 9.86. The van der Waals surface area contributed by atoms with Crippen molar-refractivity contribution in [3.8, 4) is 11.3 Å². The van der Waals surface area contributed by atoms with Crippen molar-refractivity contribution in [2.45, 2.75) is 33.1 Å². The first kappa shape index (κ1) is 6.51. The third-order valence-electron chi connectivity index (χ3n) is 2.79. The first-order valence-electron chi connectivity index (χ1n) is 9.39. The van der Waals surface area contributed by atoms with E-state index in [1.807, 2.05) is 20.8 Å². The zero-order chi connectivity index (χ0) is 19.4. The minimum Gasteiger partial charge on any atom is -0.201 e. The van der Waals surface area contributed by atoms with Gasteiger partial charge in [-0.25, -0.2) is 4.57 Å². The number of pyridine rings is 1. The Kier molecular flexibility index (Phi) is 1.65. The Morgan fingerprint density at radius 1 is 1.11 bits per heavy atom. The van der Waals surface area contributed by atoms with Crippen LogP contribution in [0.15, 0.2) is 42.4 Å². The fourth-order valence-corrected chi connectivity index (χ4v) is 1.65. The number of nitrogens with zero attached hydrogens (tertiary/aromatic N) is 1. The standard InChI is InChI=1S/C17H22N/c1-13-8-6-7-9-15(13)16-12-14(17(2,3)4)10-11-18(16)5/h6-12H,1-5H3/q+1/i6D,7D,8D,9D,10D,11D,12D. The molecule has 18 heavy (non-hydrogen) atoms. The monoisotopic (exact) mass is 247 g/mol. The Labute approximate surface area is 120 Å². The van der Waals surface area contributed by atoms with E-state index in [2.05, 4.69) is 0 Å². The van der Waals surface area contributed by atoms with Gasteiger partial charge in [-0.1, -0.05) is 38.9 Å². The quantitative estimate of drug-likeness (QED) is 0.675. The average molecular weight is 247 g/mol. The predicted molar refractivity (Wildman–Crippen MR) is 76.5 cm³/mol. The molecule has 0 bridgehead atoms. The number of rotatable bonds is 1. The molecule has 0 saturated heterocycles. The van der Waals surface area contributed by atoms with Gasteiger partial charge < -0.3 is 0 Å². The molecule has 1 nitrogen and oxygen atoms in total. The molecule has 2 rings (SSSR count). The maximum atomic E-state index is 8.63. The highest BCUT2D eigenvalue weighted by Crippen LogP contribution is 2.26. The number of benzene rings is 1. The fraction of sp³-hybridized carbons (Fsp3) is 0.353. The molecular weight excluding hydrogens is 218 g/mol. The molecule has 1 heterocycles. The van der Waals surface area contributed by atoms with Gasteiger partial charge in [-0.2, -0.15) is 0 Å². The van der Waals surface area contributed by atoms with Gasteiger partial charge in [0.2, 0.25) is 5.69 Å². The van der Waals surface area contributed by atoms with Gasteiger partial charge in [0.25, 0.3) is 0 Å². The molecule has 0 atom stereocenters. The number of aromatic nitrogens is 1. The van der Waals surface area contributed by atoms with Crippen LogP contribution in [0.2, 0.25) is 0 Å². The number of hydrogen-bond donors (Lipinski definition) is 0. The number of hydrogen-bond acceptors (Lipinski definition) is 0. The summed E-state index contributed by atoms with van der Waals surface area (Å²) in [5.74, 6) is 0. The zero-order valence-electron chi connectivity index (χ0n) is 18.4.